The molecule has 0 aromatic heterocycles. The monoisotopic (exact) mass is 248 g/mol. The van der Waals surface area contributed by atoms with Crippen LogP contribution in [0.4, 0.5) is 0 Å². The van der Waals surface area contributed by atoms with Crippen LogP contribution in [0.3, 0.4) is 0 Å². The summed E-state index contributed by atoms with van der Waals surface area (Å²) in [6, 6.07) is 9.01. The lowest BCUT2D eigenvalue weighted by molar-refractivity contribution is 0.0942. The average molecular weight is 248 g/mol. The Balaban J connectivity index is 3.13. The minimum absolute atomic E-state index is 0.102. The van der Waals surface area contributed by atoms with E-state index in [-0.39, 0.29) is 5.54 Å². The fourth-order valence-corrected chi connectivity index (χ4v) is 3.02. The number of hydrogen-bond acceptors (Lipinski definition) is 2. The van der Waals surface area contributed by atoms with Gasteiger partial charge in [0.25, 0.3) is 0 Å². The van der Waals surface area contributed by atoms with Crippen molar-refractivity contribution in [2.45, 2.75) is 46.2 Å². The van der Waals surface area contributed by atoms with E-state index in [9.17, 15) is 0 Å². The van der Waals surface area contributed by atoms with Gasteiger partial charge in [0.15, 0.2) is 0 Å². The second kappa shape index (κ2) is 6.35. The number of nitrogens with zero attached hydrogens (tertiary/aromatic N) is 1. The molecule has 0 radical (unpaired) electrons. The highest BCUT2D eigenvalue weighted by Gasteiger charge is 2.34. The molecule has 0 bridgehead atoms. The summed E-state index contributed by atoms with van der Waals surface area (Å²) in [4.78, 5) is 2.51. The van der Waals surface area contributed by atoms with Gasteiger partial charge in [0.2, 0.25) is 0 Å². The largest absolute Gasteiger partial charge is 0.311 e. The second-order valence-electron chi connectivity index (χ2n) is 5.40. The molecular weight excluding hydrogens is 220 g/mol. The molecule has 1 aromatic carbocycles. The van der Waals surface area contributed by atoms with Crippen molar-refractivity contribution < 1.29 is 0 Å². The van der Waals surface area contributed by atoms with Gasteiger partial charge in [-0.2, -0.15) is 0 Å². The van der Waals surface area contributed by atoms with E-state index in [2.05, 4.69) is 76.1 Å². The molecule has 102 valence electrons. The Hall–Kier alpha value is -0.860. The lowest BCUT2D eigenvalue weighted by Crippen LogP contribution is -2.52. The highest BCUT2D eigenvalue weighted by atomic mass is 15.2. The highest BCUT2D eigenvalue weighted by Crippen LogP contribution is 2.32. The minimum atomic E-state index is 0.102. The molecule has 1 N–H and O–H groups in total. The van der Waals surface area contributed by atoms with E-state index in [0.29, 0.717) is 6.04 Å². The summed E-state index contributed by atoms with van der Waals surface area (Å²) in [7, 11) is 2.06. The summed E-state index contributed by atoms with van der Waals surface area (Å²) >= 11 is 0. The van der Waals surface area contributed by atoms with Gasteiger partial charge in [-0.25, -0.2) is 0 Å². The van der Waals surface area contributed by atoms with Crippen molar-refractivity contribution >= 4 is 0 Å². The predicted molar refractivity (Wildman–Crippen MR) is 80.0 cm³/mol. The molecule has 1 unspecified atom stereocenters. The van der Waals surface area contributed by atoms with Crippen molar-refractivity contribution in [2.75, 3.05) is 20.1 Å². The Labute approximate surface area is 112 Å². The molecule has 0 aliphatic heterocycles. The van der Waals surface area contributed by atoms with Gasteiger partial charge in [-0.3, -0.25) is 4.90 Å². The average Bonchev–Trinajstić information content (AvgIpc) is 2.33. The smallest absolute Gasteiger partial charge is 0.0501 e. The number of nitrogens with one attached hydrogen (secondary N) is 1. The molecule has 0 amide bonds. The topological polar surface area (TPSA) is 15.3 Å². The highest BCUT2D eigenvalue weighted by molar-refractivity contribution is 5.31. The molecule has 1 aromatic rings. The molecule has 2 heteroatoms. The number of rotatable bonds is 6. The summed E-state index contributed by atoms with van der Waals surface area (Å²) in [6.45, 7) is 13.5. The van der Waals surface area contributed by atoms with E-state index < -0.39 is 0 Å². The first-order chi connectivity index (χ1) is 8.48. The van der Waals surface area contributed by atoms with Gasteiger partial charge in [-0.15, -0.1) is 0 Å². The summed E-state index contributed by atoms with van der Waals surface area (Å²) in [5, 5.41) is 3.51. The number of aryl methyl sites for hydroxylation is 1. The minimum Gasteiger partial charge on any atom is -0.311 e. The van der Waals surface area contributed by atoms with E-state index in [4.69, 9.17) is 0 Å². The zero-order valence-corrected chi connectivity index (χ0v) is 12.7. The third-order valence-corrected chi connectivity index (χ3v) is 4.07. The first kappa shape index (κ1) is 15.2. The number of likely N-dealkylation sites (N-methyl/N-ethyl adjacent to an activating group) is 2. The normalized spacial score (nSPS) is 13.9. The van der Waals surface area contributed by atoms with Gasteiger partial charge in [0.05, 0.1) is 6.04 Å². The van der Waals surface area contributed by atoms with Crippen molar-refractivity contribution in [3.05, 3.63) is 35.4 Å². The maximum absolute atomic E-state index is 3.51. The molecule has 1 rings (SSSR count). The molecule has 18 heavy (non-hydrogen) atoms. The Bertz CT molecular complexity index is 367. The first-order valence-electron chi connectivity index (χ1n) is 6.96. The van der Waals surface area contributed by atoms with Crippen molar-refractivity contribution in [3.8, 4) is 0 Å². The molecule has 0 saturated carbocycles. The Morgan fingerprint density at radius 3 is 2.17 bits per heavy atom. The maximum atomic E-state index is 3.51. The maximum Gasteiger partial charge on any atom is 0.0501 e. The molecule has 0 saturated heterocycles. The molecule has 0 aliphatic carbocycles. The molecule has 0 spiro atoms. The van der Waals surface area contributed by atoms with E-state index in [1.54, 1.807) is 0 Å². The third-order valence-electron chi connectivity index (χ3n) is 4.07. The van der Waals surface area contributed by atoms with Crippen LogP contribution in [0.1, 0.15) is 44.9 Å². The summed E-state index contributed by atoms with van der Waals surface area (Å²) in [6.07, 6.45) is 0. The Kier molecular flexibility index (Phi) is 5.36. The van der Waals surface area contributed by atoms with Crippen LogP contribution in [0.2, 0.25) is 0 Å². The van der Waals surface area contributed by atoms with Crippen LogP contribution in [0.5, 0.6) is 0 Å². The Morgan fingerprint density at radius 1 is 1.17 bits per heavy atom. The molecular formula is C16H28N2. The van der Waals surface area contributed by atoms with Crippen LogP contribution >= 0.6 is 0 Å². The van der Waals surface area contributed by atoms with E-state index in [0.717, 1.165) is 13.1 Å². The zero-order valence-electron chi connectivity index (χ0n) is 12.7. The zero-order chi connectivity index (χ0) is 13.8. The van der Waals surface area contributed by atoms with E-state index in [1.165, 1.54) is 11.1 Å². The van der Waals surface area contributed by atoms with Gasteiger partial charge >= 0.3 is 0 Å². The fourth-order valence-electron chi connectivity index (χ4n) is 3.02. The standard InChI is InChI=1S/C16H28N2/c1-7-18(8-2)16(4,5)15(17-6)14-12-10-9-11-13(14)3/h9-12,15,17H,7-8H2,1-6H3. The van der Waals surface area contributed by atoms with Crippen LogP contribution < -0.4 is 5.32 Å². The first-order valence-corrected chi connectivity index (χ1v) is 6.96. The quantitative estimate of drug-likeness (QED) is 0.830. The lowest BCUT2D eigenvalue weighted by atomic mass is 9.85. The van der Waals surface area contributed by atoms with Crippen LogP contribution in [0.15, 0.2) is 24.3 Å². The summed E-state index contributed by atoms with van der Waals surface area (Å²) in [5.41, 5.74) is 2.86. The predicted octanol–water partition coefficient (Wildman–Crippen LogP) is 3.38. The molecule has 0 fully saturated rings. The van der Waals surface area contributed by atoms with Gasteiger partial charge in [-0.05, 0) is 52.0 Å². The summed E-state index contributed by atoms with van der Waals surface area (Å²) in [5.74, 6) is 0. The summed E-state index contributed by atoms with van der Waals surface area (Å²) < 4.78 is 0. The Morgan fingerprint density at radius 2 is 1.72 bits per heavy atom. The van der Waals surface area contributed by atoms with Crippen molar-refractivity contribution in [2.24, 2.45) is 0 Å². The molecule has 0 aliphatic rings. The van der Waals surface area contributed by atoms with Crippen molar-refractivity contribution in [1.29, 1.82) is 0 Å². The number of benzene rings is 1. The lowest BCUT2D eigenvalue weighted by Gasteiger charge is -2.44. The van der Waals surface area contributed by atoms with Crippen LogP contribution in [-0.2, 0) is 0 Å². The fraction of sp³-hybridized carbons (Fsp3) is 0.625. The van der Waals surface area contributed by atoms with Crippen molar-refractivity contribution in [3.63, 3.8) is 0 Å². The van der Waals surface area contributed by atoms with Crippen LogP contribution in [-0.4, -0.2) is 30.6 Å². The van der Waals surface area contributed by atoms with Gasteiger partial charge < -0.3 is 5.32 Å². The van der Waals surface area contributed by atoms with Gasteiger partial charge in [0.1, 0.15) is 0 Å². The molecule has 2 nitrogen and oxygen atoms in total. The van der Waals surface area contributed by atoms with E-state index >= 15 is 0 Å². The SMILES string of the molecule is CCN(CC)C(C)(C)C(NC)c1ccccc1C. The van der Waals surface area contributed by atoms with Crippen LogP contribution in [0.25, 0.3) is 0 Å². The van der Waals surface area contributed by atoms with Crippen LogP contribution in [0, 0.1) is 6.92 Å². The second-order valence-corrected chi connectivity index (χ2v) is 5.40. The number of hydrogen-bond donors (Lipinski definition) is 1. The van der Waals surface area contributed by atoms with Gasteiger partial charge in [-0.1, -0.05) is 38.1 Å². The molecule has 0 heterocycles. The van der Waals surface area contributed by atoms with Gasteiger partial charge in [0, 0.05) is 5.54 Å². The third kappa shape index (κ3) is 2.93. The van der Waals surface area contributed by atoms with E-state index in [1.807, 2.05) is 0 Å². The molecule has 1 atom stereocenters. The van der Waals surface area contributed by atoms with Crippen molar-refractivity contribution in [1.82, 2.24) is 10.2 Å².